The standard InChI is InChI=1S/C13H15N3/c1-10-5-3-8-15-13(10)9-16-12-6-4-7-14-11(12)2/h3-8,16H,9H2,1-2H3. The summed E-state index contributed by atoms with van der Waals surface area (Å²) in [7, 11) is 0. The highest BCUT2D eigenvalue weighted by molar-refractivity contribution is 5.47. The van der Waals surface area contributed by atoms with E-state index in [0.29, 0.717) is 0 Å². The van der Waals surface area contributed by atoms with Crippen LogP contribution in [0.5, 0.6) is 0 Å². The number of aromatic nitrogens is 2. The molecule has 0 saturated carbocycles. The van der Waals surface area contributed by atoms with Crippen molar-refractivity contribution < 1.29 is 0 Å². The van der Waals surface area contributed by atoms with Crippen molar-refractivity contribution in [3.8, 4) is 0 Å². The minimum Gasteiger partial charge on any atom is -0.378 e. The van der Waals surface area contributed by atoms with Gasteiger partial charge in [-0.15, -0.1) is 0 Å². The summed E-state index contributed by atoms with van der Waals surface area (Å²) < 4.78 is 0. The van der Waals surface area contributed by atoms with Gasteiger partial charge >= 0.3 is 0 Å². The topological polar surface area (TPSA) is 37.8 Å². The molecule has 2 aromatic rings. The highest BCUT2D eigenvalue weighted by Crippen LogP contribution is 2.12. The number of pyridine rings is 2. The first-order valence-corrected chi connectivity index (χ1v) is 5.33. The van der Waals surface area contributed by atoms with Crippen molar-refractivity contribution in [2.75, 3.05) is 5.32 Å². The summed E-state index contributed by atoms with van der Waals surface area (Å²) in [5, 5.41) is 3.35. The Morgan fingerprint density at radius 3 is 2.56 bits per heavy atom. The third-order valence-electron chi connectivity index (χ3n) is 2.57. The third kappa shape index (κ3) is 2.37. The van der Waals surface area contributed by atoms with E-state index in [9.17, 15) is 0 Å². The maximum Gasteiger partial charge on any atom is 0.0623 e. The van der Waals surface area contributed by atoms with Crippen LogP contribution in [0.15, 0.2) is 36.7 Å². The van der Waals surface area contributed by atoms with E-state index in [4.69, 9.17) is 0 Å². The summed E-state index contributed by atoms with van der Waals surface area (Å²) in [5.41, 5.74) is 4.35. The molecule has 3 heteroatoms. The largest absolute Gasteiger partial charge is 0.378 e. The van der Waals surface area contributed by atoms with Crippen LogP contribution >= 0.6 is 0 Å². The summed E-state index contributed by atoms with van der Waals surface area (Å²) >= 11 is 0. The Bertz CT molecular complexity index is 435. The van der Waals surface area contributed by atoms with Crippen LogP contribution in [0.4, 0.5) is 5.69 Å². The maximum atomic E-state index is 4.34. The zero-order valence-corrected chi connectivity index (χ0v) is 9.57. The number of rotatable bonds is 3. The molecule has 2 aromatic heterocycles. The number of nitrogens with one attached hydrogen (secondary N) is 1. The molecule has 0 aliphatic rings. The van der Waals surface area contributed by atoms with Crippen molar-refractivity contribution in [3.63, 3.8) is 0 Å². The summed E-state index contributed by atoms with van der Waals surface area (Å²) in [6.45, 7) is 4.80. The molecule has 0 aliphatic carbocycles. The van der Waals surface area contributed by atoms with Gasteiger partial charge in [-0.3, -0.25) is 9.97 Å². The number of anilines is 1. The van der Waals surface area contributed by atoms with Crippen molar-refractivity contribution in [1.82, 2.24) is 9.97 Å². The second kappa shape index (κ2) is 4.75. The van der Waals surface area contributed by atoms with Gasteiger partial charge in [0.25, 0.3) is 0 Å². The Labute approximate surface area is 95.6 Å². The fraction of sp³-hybridized carbons (Fsp3) is 0.231. The van der Waals surface area contributed by atoms with Crippen LogP contribution in [0.2, 0.25) is 0 Å². The van der Waals surface area contributed by atoms with Crippen LogP contribution in [0.1, 0.15) is 17.0 Å². The number of aryl methyl sites for hydroxylation is 2. The molecule has 3 nitrogen and oxygen atoms in total. The first kappa shape index (κ1) is 10.6. The zero-order chi connectivity index (χ0) is 11.4. The lowest BCUT2D eigenvalue weighted by Gasteiger charge is -2.09. The molecule has 0 unspecified atom stereocenters. The van der Waals surface area contributed by atoms with Gasteiger partial charge in [-0.05, 0) is 37.6 Å². The molecule has 16 heavy (non-hydrogen) atoms. The lowest BCUT2D eigenvalue weighted by Crippen LogP contribution is -2.05. The first-order valence-electron chi connectivity index (χ1n) is 5.33. The van der Waals surface area contributed by atoms with Gasteiger partial charge in [0.05, 0.1) is 23.6 Å². The van der Waals surface area contributed by atoms with Crippen molar-refractivity contribution in [2.24, 2.45) is 0 Å². The summed E-state index contributed by atoms with van der Waals surface area (Å²) in [6, 6.07) is 7.98. The van der Waals surface area contributed by atoms with Crippen molar-refractivity contribution in [2.45, 2.75) is 20.4 Å². The van der Waals surface area contributed by atoms with Crippen LogP contribution in [-0.4, -0.2) is 9.97 Å². The number of hydrogen-bond donors (Lipinski definition) is 1. The van der Waals surface area contributed by atoms with Crippen LogP contribution in [-0.2, 0) is 6.54 Å². The Balaban J connectivity index is 2.09. The molecule has 0 aliphatic heterocycles. The van der Waals surface area contributed by atoms with Gasteiger partial charge in [0.15, 0.2) is 0 Å². The van der Waals surface area contributed by atoms with Crippen LogP contribution in [0.3, 0.4) is 0 Å². The Morgan fingerprint density at radius 1 is 1.06 bits per heavy atom. The Hall–Kier alpha value is -1.90. The summed E-state index contributed by atoms with van der Waals surface area (Å²) in [4.78, 5) is 8.57. The van der Waals surface area contributed by atoms with E-state index in [2.05, 4.69) is 28.3 Å². The van der Waals surface area contributed by atoms with Gasteiger partial charge in [0, 0.05) is 12.4 Å². The number of nitrogens with zero attached hydrogens (tertiary/aromatic N) is 2. The second-order valence-electron chi connectivity index (χ2n) is 3.76. The van der Waals surface area contributed by atoms with E-state index in [1.807, 2.05) is 31.3 Å². The fourth-order valence-corrected chi connectivity index (χ4v) is 1.55. The van der Waals surface area contributed by atoms with E-state index in [1.165, 1.54) is 5.56 Å². The van der Waals surface area contributed by atoms with E-state index in [1.54, 1.807) is 6.20 Å². The lowest BCUT2D eigenvalue weighted by atomic mass is 10.2. The quantitative estimate of drug-likeness (QED) is 0.851. The molecule has 0 amide bonds. The van der Waals surface area contributed by atoms with Gasteiger partial charge in [-0.1, -0.05) is 6.07 Å². The lowest BCUT2D eigenvalue weighted by molar-refractivity contribution is 1.01. The van der Waals surface area contributed by atoms with E-state index in [0.717, 1.165) is 23.6 Å². The van der Waals surface area contributed by atoms with Crippen LogP contribution in [0, 0.1) is 13.8 Å². The fourth-order valence-electron chi connectivity index (χ4n) is 1.55. The highest BCUT2D eigenvalue weighted by Gasteiger charge is 2.00. The Kier molecular flexibility index (Phi) is 3.15. The van der Waals surface area contributed by atoms with E-state index in [-0.39, 0.29) is 0 Å². The maximum absolute atomic E-state index is 4.34. The Morgan fingerprint density at radius 2 is 1.81 bits per heavy atom. The van der Waals surface area contributed by atoms with Gasteiger partial charge in [0.2, 0.25) is 0 Å². The van der Waals surface area contributed by atoms with Crippen LogP contribution < -0.4 is 5.32 Å². The predicted molar refractivity (Wildman–Crippen MR) is 65.3 cm³/mol. The number of hydrogen-bond acceptors (Lipinski definition) is 3. The summed E-state index contributed by atoms with van der Waals surface area (Å²) in [5.74, 6) is 0. The molecule has 2 rings (SSSR count). The first-order chi connectivity index (χ1) is 7.77. The van der Waals surface area contributed by atoms with Gasteiger partial charge < -0.3 is 5.32 Å². The van der Waals surface area contributed by atoms with Gasteiger partial charge in [-0.2, -0.15) is 0 Å². The average molecular weight is 213 g/mol. The highest BCUT2D eigenvalue weighted by atomic mass is 14.9. The van der Waals surface area contributed by atoms with Crippen LogP contribution in [0.25, 0.3) is 0 Å². The molecule has 0 saturated heterocycles. The van der Waals surface area contributed by atoms with Crippen molar-refractivity contribution in [1.29, 1.82) is 0 Å². The summed E-state index contributed by atoms with van der Waals surface area (Å²) in [6.07, 6.45) is 3.62. The second-order valence-corrected chi connectivity index (χ2v) is 3.76. The normalized spacial score (nSPS) is 10.1. The van der Waals surface area contributed by atoms with E-state index < -0.39 is 0 Å². The van der Waals surface area contributed by atoms with Gasteiger partial charge in [0.1, 0.15) is 0 Å². The zero-order valence-electron chi connectivity index (χ0n) is 9.57. The predicted octanol–water partition coefficient (Wildman–Crippen LogP) is 2.71. The molecular weight excluding hydrogens is 198 g/mol. The minimum atomic E-state index is 0.735. The van der Waals surface area contributed by atoms with Gasteiger partial charge in [-0.25, -0.2) is 0 Å². The van der Waals surface area contributed by atoms with Crippen molar-refractivity contribution >= 4 is 5.69 Å². The molecule has 0 spiro atoms. The molecule has 0 fully saturated rings. The minimum absolute atomic E-state index is 0.735. The SMILES string of the molecule is Cc1cccnc1CNc1cccnc1C. The molecule has 1 N–H and O–H groups in total. The molecule has 82 valence electrons. The van der Waals surface area contributed by atoms with Crippen molar-refractivity contribution in [3.05, 3.63) is 53.6 Å². The molecule has 0 bridgehead atoms. The third-order valence-corrected chi connectivity index (χ3v) is 2.57. The monoisotopic (exact) mass is 213 g/mol. The molecule has 0 radical (unpaired) electrons. The smallest absolute Gasteiger partial charge is 0.0623 e. The molecule has 0 atom stereocenters. The van der Waals surface area contributed by atoms with E-state index >= 15 is 0 Å². The molecule has 0 aromatic carbocycles. The molecular formula is C13H15N3. The average Bonchev–Trinajstić information content (AvgIpc) is 2.30. The molecule has 2 heterocycles.